The standard InChI is InChI=1S/C27H32N2/c1-20-12-10-11-17-24(20)28-21(2)25-18-19-27(3,23-15-8-5-9-16-23)29(25)26(28)22-13-6-4-7-14-22/h5,8-12,15-19,22,26H,4,6-7,13-14H2,1-3H3. The Balaban J connectivity index is 1.65. The van der Waals surface area contributed by atoms with Gasteiger partial charge in [0.05, 0.1) is 11.2 Å². The zero-order chi connectivity index (χ0) is 20.0. The second-order valence-corrected chi connectivity index (χ2v) is 9.16. The molecule has 0 N–H and O–H groups in total. The van der Waals surface area contributed by atoms with E-state index in [1.165, 1.54) is 60.3 Å². The largest absolute Gasteiger partial charge is 0.336 e. The molecule has 2 nitrogen and oxygen atoms in total. The van der Waals surface area contributed by atoms with Gasteiger partial charge in [-0.15, -0.1) is 0 Å². The number of nitrogens with zero attached hydrogens (tertiary/aromatic N) is 2. The van der Waals surface area contributed by atoms with Crippen LogP contribution in [0.1, 0.15) is 57.1 Å². The van der Waals surface area contributed by atoms with Crippen LogP contribution in [0.4, 0.5) is 5.69 Å². The Bertz CT molecular complexity index is 952. The third kappa shape index (κ3) is 2.84. The van der Waals surface area contributed by atoms with Crippen molar-refractivity contribution in [3.63, 3.8) is 0 Å². The van der Waals surface area contributed by atoms with E-state index in [1.807, 2.05) is 0 Å². The Labute approximate surface area is 175 Å². The van der Waals surface area contributed by atoms with E-state index in [0.717, 1.165) is 0 Å². The first-order valence-corrected chi connectivity index (χ1v) is 11.2. The van der Waals surface area contributed by atoms with E-state index in [4.69, 9.17) is 0 Å². The van der Waals surface area contributed by atoms with Crippen molar-refractivity contribution in [3.8, 4) is 0 Å². The summed E-state index contributed by atoms with van der Waals surface area (Å²) < 4.78 is 0. The van der Waals surface area contributed by atoms with Crippen molar-refractivity contribution < 1.29 is 0 Å². The minimum absolute atomic E-state index is 0.0998. The monoisotopic (exact) mass is 384 g/mol. The number of para-hydroxylation sites is 1. The lowest BCUT2D eigenvalue weighted by molar-refractivity contribution is 0.106. The van der Waals surface area contributed by atoms with Crippen LogP contribution in [0.25, 0.3) is 0 Å². The highest BCUT2D eigenvalue weighted by atomic mass is 15.5. The summed E-state index contributed by atoms with van der Waals surface area (Å²) in [7, 11) is 0. The van der Waals surface area contributed by atoms with Crippen molar-refractivity contribution >= 4 is 5.69 Å². The molecule has 0 radical (unpaired) electrons. The average molecular weight is 385 g/mol. The van der Waals surface area contributed by atoms with Gasteiger partial charge >= 0.3 is 0 Å². The van der Waals surface area contributed by atoms with Gasteiger partial charge < -0.3 is 9.80 Å². The maximum atomic E-state index is 2.74. The molecule has 5 rings (SSSR count). The number of hydrogen-bond acceptors (Lipinski definition) is 2. The maximum Gasteiger partial charge on any atom is 0.110 e. The second-order valence-electron chi connectivity index (χ2n) is 9.16. The average Bonchev–Trinajstić information content (AvgIpc) is 3.26. The molecule has 0 amide bonds. The Morgan fingerprint density at radius 2 is 1.55 bits per heavy atom. The van der Waals surface area contributed by atoms with E-state index in [9.17, 15) is 0 Å². The minimum Gasteiger partial charge on any atom is -0.336 e. The van der Waals surface area contributed by atoms with Gasteiger partial charge in [-0.1, -0.05) is 73.9 Å². The van der Waals surface area contributed by atoms with E-state index in [2.05, 4.69) is 97.3 Å². The van der Waals surface area contributed by atoms with Crippen molar-refractivity contribution in [2.75, 3.05) is 4.90 Å². The van der Waals surface area contributed by atoms with Crippen molar-refractivity contribution in [2.45, 2.75) is 64.6 Å². The third-order valence-electron chi connectivity index (χ3n) is 7.39. The summed E-state index contributed by atoms with van der Waals surface area (Å²) >= 11 is 0. The number of aryl methyl sites for hydroxylation is 1. The molecule has 2 atom stereocenters. The summed E-state index contributed by atoms with van der Waals surface area (Å²) in [6.07, 6.45) is 11.9. The highest BCUT2D eigenvalue weighted by Crippen LogP contribution is 2.51. The minimum atomic E-state index is -0.0998. The summed E-state index contributed by atoms with van der Waals surface area (Å²) in [6.45, 7) is 6.97. The molecular formula is C27H32N2. The molecule has 2 heteroatoms. The van der Waals surface area contributed by atoms with Gasteiger partial charge in [-0.2, -0.15) is 0 Å². The Morgan fingerprint density at radius 3 is 2.28 bits per heavy atom. The van der Waals surface area contributed by atoms with Crippen LogP contribution >= 0.6 is 0 Å². The van der Waals surface area contributed by atoms with Crippen molar-refractivity contribution in [3.05, 3.63) is 89.3 Å². The molecule has 0 aromatic heterocycles. The van der Waals surface area contributed by atoms with Crippen LogP contribution in [0.15, 0.2) is 78.1 Å². The molecule has 150 valence electrons. The van der Waals surface area contributed by atoms with E-state index >= 15 is 0 Å². The molecule has 3 aliphatic rings. The normalized spacial score (nSPS) is 27.1. The highest BCUT2D eigenvalue weighted by Gasteiger charge is 2.50. The number of hydrogen-bond donors (Lipinski definition) is 0. The van der Waals surface area contributed by atoms with Crippen LogP contribution in [0.5, 0.6) is 0 Å². The van der Waals surface area contributed by atoms with Crippen LogP contribution in [0.3, 0.4) is 0 Å². The molecule has 2 aromatic carbocycles. The quantitative estimate of drug-likeness (QED) is 0.578. The molecule has 1 saturated carbocycles. The van der Waals surface area contributed by atoms with Crippen LogP contribution in [-0.4, -0.2) is 11.1 Å². The topological polar surface area (TPSA) is 6.48 Å². The Morgan fingerprint density at radius 1 is 0.862 bits per heavy atom. The molecular weight excluding hydrogens is 352 g/mol. The second kappa shape index (κ2) is 7.09. The molecule has 0 saturated heterocycles. The summed E-state index contributed by atoms with van der Waals surface area (Å²) in [6, 6.07) is 19.9. The fraction of sp³-hybridized carbons (Fsp3) is 0.407. The SMILES string of the molecule is CC1=C2C=CC(C)(c3ccccc3)N2C(C2CCCCC2)N1c1ccccc1C. The number of benzene rings is 2. The van der Waals surface area contributed by atoms with Gasteiger partial charge in [-0.05, 0) is 62.8 Å². The molecule has 29 heavy (non-hydrogen) atoms. The van der Waals surface area contributed by atoms with Gasteiger partial charge in [0.25, 0.3) is 0 Å². The van der Waals surface area contributed by atoms with Gasteiger partial charge in [-0.3, -0.25) is 0 Å². The van der Waals surface area contributed by atoms with Gasteiger partial charge in [0, 0.05) is 11.4 Å². The van der Waals surface area contributed by atoms with Gasteiger partial charge in [0.1, 0.15) is 6.17 Å². The van der Waals surface area contributed by atoms with Crippen LogP contribution in [0, 0.1) is 12.8 Å². The van der Waals surface area contributed by atoms with Crippen molar-refractivity contribution in [1.29, 1.82) is 0 Å². The summed E-state index contributed by atoms with van der Waals surface area (Å²) in [4.78, 5) is 5.39. The molecule has 2 unspecified atom stereocenters. The fourth-order valence-electron chi connectivity index (χ4n) is 5.82. The van der Waals surface area contributed by atoms with E-state index < -0.39 is 0 Å². The van der Waals surface area contributed by atoms with Crippen molar-refractivity contribution in [2.24, 2.45) is 5.92 Å². The summed E-state index contributed by atoms with van der Waals surface area (Å²) in [5.41, 5.74) is 6.80. The molecule has 0 bridgehead atoms. The van der Waals surface area contributed by atoms with E-state index in [1.54, 1.807) is 0 Å². The molecule has 2 aliphatic heterocycles. The van der Waals surface area contributed by atoms with E-state index in [-0.39, 0.29) is 5.54 Å². The lowest BCUT2D eigenvalue weighted by atomic mass is 9.83. The summed E-state index contributed by atoms with van der Waals surface area (Å²) in [5, 5.41) is 0. The van der Waals surface area contributed by atoms with Gasteiger partial charge in [0.2, 0.25) is 0 Å². The van der Waals surface area contributed by atoms with Crippen LogP contribution in [0.2, 0.25) is 0 Å². The number of allylic oxidation sites excluding steroid dienone is 2. The number of rotatable bonds is 3. The van der Waals surface area contributed by atoms with Gasteiger partial charge in [-0.25, -0.2) is 0 Å². The maximum absolute atomic E-state index is 2.74. The molecule has 1 fully saturated rings. The van der Waals surface area contributed by atoms with Crippen molar-refractivity contribution in [1.82, 2.24) is 4.90 Å². The lowest BCUT2D eigenvalue weighted by Gasteiger charge is -2.47. The number of fused-ring (bicyclic) bond motifs is 1. The lowest BCUT2D eigenvalue weighted by Crippen LogP contribution is -2.52. The first-order chi connectivity index (χ1) is 14.1. The molecule has 2 aromatic rings. The Hall–Kier alpha value is -2.48. The number of anilines is 1. The predicted octanol–water partition coefficient (Wildman–Crippen LogP) is 6.74. The van der Waals surface area contributed by atoms with Gasteiger partial charge in [0.15, 0.2) is 0 Å². The van der Waals surface area contributed by atoms with Crippen LogP contribution < -0.4 is 4.90 Å². The molecule has 0 spiro atoms. The van der Waals surface area contributed by atoms with E-state index in [0.29, 0.717) is 12.1 Å². The molecule has 1 aliphatic carbocycles. The highest BCUT2D eigenvalue weighted by molar-refractivity contribution is 5.63. The Kier molecular flexibility index (Phi) is 4.53. The first kappa shape index (κ1) is 18.5. The third-order valence-corrected chi connectivity index (χ3v) is 7.39. The molecule has 2 heterocycles. The fourth-order valence-corrected chi connectivity index (χ4v) is 5.82. The smallest absolute Gasteiger partial charge is 0.110 e. The first-order valence-electron chi connectivity index (χ1n) is 11.2. The zero-order valence-electron chi connectivity index (χ0n) is 17.9. The zero-order valence-corrected chi connectivity index (χ0v) is 17.9. The van der Waals surface area contributed by atoms with Crippen LogP contribution in [-0.2, 0) is 5.54 Å². The predicted molar refractivity (Wildman–Crippen MR) is 121 cm³/mol. The summed E-state index contributed by atoms with van der Waals surface area (Å²) in [5.74, 6) is 0.693.